The zero-order valence-corrected chi connectivity index (χ0v) is 14.5. The van der Waals surface area contributed by atoms with Crippen molar-refractivity contribution in [3.63, 3.8) is 0 Å². The Balaban J connectivity index is 2.09. The van der Waals surface area contributed by atoms with Crippen molar-refractivity contribution in [2.24, 2.45) is 5.41 Å². The predicted molar refractivity (Wildman–Crippen MR) is 97.3 cm³/mol. The average molecular weight is 310 g/mol. The van der Waals surface area contributed by atoms with Gasteiger partial charge >= 0.3 is 0 Å². The van der Waals surface area contributed by atoms with Crippen molar-refractivity contribution >= 4 is 11.5 Å². The van der Waals surface area contributed by atoms with E-state index in [1.807, 2.05) is 31.3 Å². The summed E-state index contributed by atoms with van der Waals surface area (Å²) in [7, 11) is 0. The van der Waals surface area contributed by atoms with Crippen molar-refractivity contribution in [1.29, 1.82) is 0 Å². The van der Waals surface area contributed by atoms with E-state index in [4.69, 9.17) is 5.73 Å². The molecule has 2 aromatic heterocycles. The van der Waals surface area contributed by atoms with E-state index in [0.29, 0.717) is 5.69 Å². The monoisotopic (exact) mass is 310 g/mol. The molecule has 0 bridgehead atoms. The van der Waals surface area contributed by atoms with E-state index in [9.17, 15) is 0 Å². The highest BCUT2D eigenvalue weighted by molar-refractivity contribution is 5.45. The first-order chi connectivity index (χ1) is 10.7. The van der Waals surface area contributed by atoms with Crippen molar-refractivity contribution in [2.45, 2.75) is 40.5 Å². The number of rotatable bonds is 5. The number of allylic oxidation sites excluding steroid dienone is 1. The summed E-state index contributed by atoms with van der Waals surface area (Å²) in [6.07, 6.45) is 5.18. The molecule has 0 radical (unpaired) electrons. The first-order valence-electron chi connectivity index (χ1n) is 7.84. The van der Waals surface area contributed by atoms with Crippen molar-refractivity contribution in [3.8, 4) is 0 Å². The zero-order valence-electron chi connectivity index (χ0n) is 14.5. The lowest BCUT2D eigenvalue weighted by Crippen LogP contribution is -2.11. The molecule has 0 fully saturated rings. The van der Waals surface area contributed by atoms with Gasteiger partial charge in [-0.1, -0.05) is 27.4 Å². The van der Waals surface area contributed by atoms with Crippen LogP contribution in [-0.4, -0.2) is 9.97 Å². The summed E-state index contributed by atoms with van der Waals surface area (Å²) in [5.41, 5.74) is 10.9. The number of aryl methyl sites for hydroxylation is 1. The van der Waals surface area contributed by atoms with Gasteiger partial charge in [0.1, 0.15) is 5.82 Å². The van der Waals surface area contributed by atoms with E-state index in [1.54, 1.807) is 6.20 Å². The number of hydrogen-bond donors (Lipinski definition) is 2. The van der Waals surface area contributed by atoms with Crippen LogP contribution in [0.5, 0.6) is 0 Å². The van der Waals surface area contributed by atoms with Crippen LogP contribution in [-0.2, 0) is 6.42 Å². The molecule has 2 rings (SSSR count). The highest BCUT2D eigenvalue weighted by atomic mass is 15.0. The molecule has 122 valence electrons. The minimum Gasteiger partial charge on any atom is -0.397 e. The van der Waals surface area contributed by atoms with E-state index in [0.717, 1.165) is 41.2 Å². The highest BCUT2D eigenvalue weighted by Gasteiger charge is 2.12. The molecule has 0 amide bonds. The second-order valence-corrected chi connectivity index (χ2v) is 7.22. The lowest BCUT2D eigenvalue weighted by atomic mass is 9.91. The van der Waals surface area contributed by atoms with Gasteiger partial charge in [-0.15, -0.1) is 0 Å². The normalized spacial score (nSPS) is 11.3. The number of nitrogens with one attached hydrogen (secondary N) is 1. The molecule has 4 heteroatoms. The Morgan fingerprint density at radius 1 is 1.26 bits per heavy atom. The Morgan fingerprint density at radius 2 is 2.00 bits per heavy atom. The van der Waals surface area contributed by atoms with Gasteiger partial charge in [-0.3, -0.25) is 4.98 Å². The molecule has 0 aliphatic rings. The van der Waals surface area contributed by atoms with E-state index >= 15 is 0 Å². The van der Waals surface area contributed by atoms with Crippen molar-refractivity contribution in [1.82, 2.24) is 9.97 Å². The average Bonchev–Trinajstić information content (AvgIpc) is 2.40. The second kappa shape index (κ2) is 6.82. The number of nitrogens with zero attached hydrogens (tertiary/aromatic N) is 2. The van der Waals surface area contributed by atoms with E-state index in [-0.39, 0.29) is 5.41 Å². The van der Waals surface area contributed by atoms with Crippen LogP contribution in [0.2, 0.25) is 0 Å². The van der Waals surface area contributed by atoms with Gasteiger partial charge in [-0.25, -0.2) is 4.98 Å². The third kappa shape index (κ3) is 5.40. The summed E-state index contributed by atoms with van der Waals surface area (Å²) < 4.78 is 0. The number of anilines is 2. The first kappa shape index (κ1) is 17.0. The topological polar surface area (TPSA) is 63.8 Å². The predicted octanol–water partition coefficient (Wildman–Crippen LogP) is 4.32. The van der Waals surface area contributed by atoms with Gasteiger partial charge in [0, 0.05) is 24.0 Å². The summed E-state index contributed by atoms with van der Waals surface area (Å²) in [6.45, 7) is 12.7. The molecule has 0 atom stereocenters. The minimum atomic E-state index is 0.201. The number of hydrogen-bond acceptors (Lipinski definition) is 4. The molecule has 0 aliphatic heterocycles. The molecule has 0 aliphatic carbocycles. The summed E-state index contributed by atoms with van der Waals surface area (Å²) in [6, 6.07) is 6.01. The smallest absolute Gasteiger partial charge is 0.130 e. The van der Waals surface area contributed by atoms with Crippen LogP contribution < -0.4 is 11.1 Å². The van der Waals surface area contributed by atoms with Gasteiger partial charge in [0.05, 0.1) is 11.9 Å². The van der Waals surface area contributed by atoms with E-state index in [2.05, 4.69) is 42.6 Å². The van der Waals surface area contributed by atoms with Gasteiger partial charge in [-0.2, -0.15) is 0 Å². The molecule has 0 aromatic carbocycles. The standard InChI is InChI=1S/C19H26N4/c1-13-8-16(20)12-22-17(13)9-15-6-7-21-18(10-15)23-14(2)11-19(3,4)5/h6-8,10,12H,2,9,11,20H2,1,3-5H3,(H,21,23). The molecule has 0 saturated heterocycles. The Bertz CT molecular complexity index is 699. The Hall–Kier alpha value is -2.36. The van der Waals surface area contributed by atoms with Gasteiger partial charge in [0.25, 0.3) is 0 Å². The Morgan fingerprint density at radius 3 is 2.65 bits per heavy atom. The molecule has 23 heavy (non-hydrogen) atoms. The van der Waals surface area contributed by atoms with Gasteiger partial charge in [0.15, 0.2) is 0 Å². The third-order valence-corrected chi connectivity index (χ3v) is 3.45. The van der Waals surface area contributed by atoms with Crippen LogP contribution in [0, 0.1) is 12.3 Å². The Labute approximate surface area is 138 Å². The third-order valence-electron chi connectivity index (χ3n) is 3.45. The highest BCUT2D eigenvalue weighted by Crippen LogP contribution is 2.24. The lowest BCUT2D eigenvalue weighted by Gasteiger charge is -2.20. The SMILES string of the molecule is C=C(CC(C)(C)C)Nc1cc(Cc2ncc(N)cc2C)ccn1. The molecule has 0 spiro atoms. The number of nitrogens with two attached hydrogens (primary N) is 1. The quantitative estimate of drug-likeness (QED) is 0.863. The molecule has 0 unspecified atom stereocenters. The minimum absolute atomic E-state index is 0.201. The lowest BCUT2D eigenvalue weighted by molar-refractivity contribution is 0.411. The summed E-state index contributed by atoms with van der Waals surface area (Å²) in [4.78, 5) is 8.80. The molecule has 2 aromatic rings. The summed E-state index contributed by atoms with van der Waals surface area (Å²) >= 11 is 0. The van der Waals surface area contributed by atoms with Crippen LogP contribution >= 0.6 is 0 Å². The number of pyridine rings is 2. The van der Waals surface area contributed by atoms with Crippen LogP contribution in [0.3, 0.4) is 0 Å². The summed E-state index contributed by atoms with van der Waals surface area (Å²) in [5, 5.41) is 3.30. The molecule has 2 heterocycles. The Kier molecular flexibility index (Phi) is 5.04. The molecular formula is C19H26N4. The fraction of sp³-hybridized carbons (Fsp3) is 0.368. The molecule has 3 N–H and O–H groups in total. The van der Waals surface area contributed by atoms with Crippen molar-refractivity contribution in [2.75, 3.05) is 11.1 Å². The van der Waals surface area contributed by atoms with Crippen molar-refractivity contribution < 1.29 is 0 Å². The van der Waals surface area contributed by atoms with Crippen LogP contribution in [0.15, 0.2) is 42.9 Å². The maximum atomic E-state index is 5.76. The van der Waals surface area contributed by atoms with Crippen LogP contribution in [0.1, 0.15) is 44.0 Å². The van der Waals surface area contributed by atoms with Gasteiger partial charge in [0.2, 0.25) is 0 Å². The molecular weight excluding hydrogens is 284 g/mol. The largest absolute Gasteiger partial charge is 0.397 e. The van der Waals surface area contributed by atoms with E-state index in [1.165, 1.54) is 0 Å². The van der Waals surface area contributed by atoms with Crippen LogP contribution in [0.25, 0.3) is 0 Å². The fourth-order valence-corrected chi connectivity index (χ4v) is 2.52. The zero-order chi connectivity index (χ0) is 17.0. The number of nitrogen functional groups attached to an aromatic ring is 1. The number of aromatic nitrogens is 2. The second-order valence-electron chi connectivity index (χ2n) is 7.22. The maximum absolute atomic E-state index is 5.76. The van der Waals surface area contributed by atoms with Crippen LogP contribution in [0.4, 0.5) is 11.5 Å². The first-order valence-corrected chi connectivity index (χ1v) is 7.84. The van der Waals surface area contributed by atoms with Crippen molar-refractivity contribution in [3.05, 3.63) is 59.7 Å². The molecule has 0 saturated carbocycles. The fourth-order valence-electron chi connectivity index (χ4n) is 2.52. The maximum Gasteiger partial charge on any atom is 0.130 e. The molecule has 4 nitrogen and oxygen atoms in total. The van der Waals surface area contributed by atoms with Gasteiger partial charge < -0.3 is 11.1 Å². The summed E-state index contributed by atoms with van der Waals surface area (Å²) in [5.74, 6) is 0.824. The van der Waals surface area contributed by atoms with E-state index < -0.39 is 0 Å². The van der Waals surface area contributed by atoms with Gasteiger partial charge in [-0.05, 0) is 48.1 Å².